The van der Waals surface area contributed by atoms with Gasteiger partial charge in [-0.15, -0.1) is 12.4 Å². The molecule has 2 rings (SSSR count). The van der Waals surface area contributed by atoms with Crippen LogP contribution in [0, 0.1) is 0 Å². The van der Waals surface area contributed by atoms with Gasteiger partial charge in [0.05, 0.1) is 0 Å². The van der Waals surface area contributed by atoms with Crippen LogP contribution in [-0.2, 0) is 13.1 Å². The fraction of sp³-hybridized carbons (Fsp3) is 0.200. The standard InChI is InChI=1S/C10H11N.ClH/c1-2-8-3-4-9-6-11-7-10(9)5-8;/h2-5,11H,1,6-7H2;1H. The highest BCUT2D eigenvalue weighted by Gasteiger charge is 2.08. The molecule has 64 valence electrons. The Morgan fingerprint density at radius 2 is 2.00 bits per heavy atom. The monoisotopic (exact) mass is 181 g/mol. The summed E-state index contributed by atoms with van der Waals surface area (Å²) in [4.78, 5) is 0. The fourth-order valence-corrected chi connectivity index (χ4v) is 1.44. The number of hydrogen-bond acceptors (Lipinski definition) is 1. The van der Waals surface area contributed by atoms with Crippen LogP contribution >= 0.6 is 12.4 Å². The van der Waals surface area contributed by atoms with E-state index in [-0.39, 0.29) is 12.4 Å². The van der Waals surface area contributed by atoms with Crippen molar-refractivity contribution in [1.82, 2.24) is 5.32 Å². The van der Waals surface area contributed by atoms with Crippen LogP contribution in [0.4, 0.5) is 0 Å². The van der Waals surface area contributed by atoms with Gasteiger partial charge in [0.25, 0.3) is 0 Å². The maximum absolute atomic E-state index is 3.74. The van der Waals surface area contributed by atoms with Crippen LogP contribution < -0.4 is 5.32 Å². The molecule has 1 aliphatic rings. The normalized spacial score (nSPS) is 13.3. The molecule has 1 nitrogen and oxygen atoms in total. The van der Waals surface area contributed by atoms with Gasteiger partial charge in [0.15, 0.2) is 0 Å². The summed E-state index contributed by atoms with van der Waals surface area (Å²) in [6.07, 6.45) is 1.89. The lowest BCUT2D eigenvalue weighted by Gasteiger charge is -1.97. The van der Waals surface area contributed by atoms with Crippen LogP contribution in [0.1, 0.15) is 16.7 Å². The zero-order valence-corrected chi connectivity index (χ0v) is 7.66. The molecular weight excluding hydrogens is 170 g/mol. The highest BCUT2D eigenvalue weighted by Crippen LogP contribution is 2.17. The van der Waals surface area contributed by atoms with Crippen molar-refractivity contribution in [3.05, 3.63) is 41.5 Å². The van der Waals surface area contributed by atoms with Gasteiger partial charge in [-0.3, -0.25) is 0 Å². The Bertz CT molecular complexity index is 294. The first-order chi connectivity index (χ1) is 5.40. The van der Waals surface area contributed by atoms with Crippen molar-refractivity contribution < 1.29 is 0 Å². The van der Waals surface area contributed by atoms with E-state index >= 15 is 0 Å². The van der Waals surface area contributed by atoms with Crippen molar-refractivity contribution in [2.75, 3.05) is 0 Å². The maximum atomic E-state index is 3.74. The molecule has 0 fully saturated rings. The van der Waals surface area contributed by atoms with E-state index in [4.69, 9.17) is 0 Å². The fourth-order valence-electron chi connectivity index (χ4n) is 1.44. The molecule has 1 aromatic carbocycles. The number of fused-ring (bicyclic) bond motifs is 1. The van der Waals surface area contributed by atoms with Gasteiger partial charge in [-0.2, -0.15) is 0 Å². The highest BCUT2D eigenvalue weighted by molar-refractivity contribution is 5.85. The van der Waals surface area contributed by atoms with E-state index in [1.54, 1.807) is 0 Å². The van der Waals surface area contributed by atoms with Gasteiger partial charge >= 0.3 is 0 Å². The summed E-state index contributed by atoms with van der Waals surface area (Å²) >= 11 is 0. The predicted molar refractivity (Wildman–Crippen MR) is 54.3 cm³/mol. The number of nitrogens with one attached hydrogen (secondary N) is 1. The highest BCUT2D eigenvalue weighted by atomic mass is 35.5. The summed E-state index contributed by atoms with van der Waals surface area (Å²) in [7, 11) is 0. The van der Waals surface area contributed by atoms with Crippen molar-refractivity contribution in [2.24, 2.45) is 0 Å². The Morgan fingerprint density at radius 1 is 1.25 bits per heavy atom. The van der Waals surface area contributed by atoms with Crippen LogP contribution in [-0.4, -0.2) is 0 Å². The average molecular weight is 182 g/mol. The average Bonchev–Trinajstić information content (AvgIpc) is 2.50. The Labute approximate surface area is 78.9 Å². The molecule has 0 amide bonds. The second-order valence-electron chi connectivity index (χ2n) is 2.84. The van der Waals surface area contributed by atoms with Gasteiger partial charge in [-0.25, -0.2) is 0 Å². The van der Waals surface area contributed by atoms with Gasteiger partial charge < -0.3 is 5.32 Å². The minimum absolute atomic E-state index is 0. The van der Waals surface area contributed by atoms with Gasteiger partial charge in [0.2, 0.25) is 0 Å². The molecule has 1 aliphatic heterocycles. The van der Waals surface area contributed by atoms with Gasteiger partial charge in [0, 0.05) is 13.1 Å². The first kappa shape index (κ1) is 9.30. The third-order valence-corrected chi connectivity index (χ3v) is 2.10. The number of hydrogen-bond donors (Lipinski definition) is 1. The summed E-state index contributed by atoms with van der Waals surface area (Å²) in [6, 6.07) is 6.48. The largest absolute Gasteiger partial charge is 0.309 e. The molecule has 0 radical (unpaired) electrons. The number of benzene rings is 1. The van der Waals surface area contributed by atoms with Crippen LogP contribution in [0.3, 0.4) is 0 Å². The van der Waals surface area contributed by atoms with Crippen molar-refractivity contribution in [3.8, 4) is 0 Å². The minimum Gasteiger partial charge on any atom is -0.309 e. The molecule has 0 saturated heterocycles. The zero-order chi connectivity index (χ0) is 7.68. The van der Waals surface area contributed by atoms with Crippen LogP contribution in [0.15, 0.2) is 24.8 Å². The van der Waals surface area contributed by atoms with Crippen molar-refractivity contribution in [2.45, 2.75) is 13.1 Å². The van der Waals surface area contributed by atoms with Gasteiger partial charge in [0.1, 0.15) is 0 Å². The summed E-state index contributed by atoms with van der Waals surface area (Å²) in [6.45, 7) is 5.77. The van der Waals surface area contributed by atoms with Crippen molar-refractivity contribution in [3.63, 3.8) is 0 Å². The molecule has 1 heterocycles. The molecule has 2 heteroatoms. The lowest BCUT2D eigenvalue weighted by molar-refractivity contribution is 0.765. The molecule has 0 saturated carbocycles. The number of halogens is 1. The van der Waals surface area contributed by atoms with E-state index in [0.717, 1.165) is 13.1 Å². The molecule has 0 atom stereocenters. The Morgan fingerprint density at radius 3 is 2.75 bits per heavy atom. The van der Waals surface area contributed by atoms with E-state index in [0.29, 0.717) is 0 Å². The lowest BCUT2D eigenvalue weighted by atomic mass is 10.1. The molecule has 0 spiro atoms. The molecule has 0 aliphatic carbocycles. The molecule has 0 unspecified atom stereocenters. The molecular formula is C10H12ClN. The summed E-state index contributed by atoms with van der Waals surface area (Å²) in [5.74, 6) is 0. The molecule has 1 N–H and O–H groups in total. The van der Waals surface area contributed by atoms with Crippen molar-refractivity contribution >= 4 is 18.5 Å². The topological polar surface area (TPSA) is 12.0 Å². The first-order valence-corrected chi connectivity index (χ1v) is 3.85. The van der Waals surface area contributed by atoms with Gasteiger partial charge in [-0.05, 0) is 16.7 Å². The summed E-state index contributed by atoms with van der Waals surface area (Å²) in [5.41, 5.74) is 4.06. The SMILES string of the molecule is C=Cc1ccc2c(c1)CNC2.Cl. The first-order valence-electron chi connectivity index (χ1n) is 3.85. The maximum Gasteiger partial charge on any atom is 0.0212 e. The second kappa shape index (κ2) is 3.74. The summed E-state index contributed by atoms with van der Waals surface area (Å²) < 4.78 is 0. The zero-order valence-electron chi connectivity index (χ0n) is 6.84. The van der Waals surface area contributed by atoms with Crippen LogP contribution in [0.25, 0.3) is 6.08 Å². The Hall–Kier alpha value is -0.790. The van der Waals surface area contributed by atoms with E-state index in [1.165, 1.54) is 16.7 Å². The van der Waals surface area contributed by atoms with E-state index in [1.807, 2.05) is 6.08 Å². The third kappa shape index (κ3) is 1.52. The predicted octanol–water partition coefficient (Wildman–Crippen LogP) is 2.35. The Balaban J connectivity index is 0.000000720. The molecule has 12 heavy (non-hydrogen) atoms. The van der Waals surface area contributed by atoms with E-state index < -0.39 is 0 Å². The molecule has 1 aromatic rings. The molecule has 0 aromatic heterocycles. The number of rotatable bonds is 1. The molecule has 0 bridgehead atoms. The quantitative estimate of drug-likeness (QED) is 0.702. The van der Waals surface area contributed by atoms with E-state index in [9.17, 15) is 0 Å². The van der Waals surface area contributed by atoms with Crippen molar-refractivity contribution in [1.29, 1.82) is 0 Å². The third-order valence-electron chi connectivity index (χ3n) is 2.10. The smallest absolute Gasteiger partial charge is 0.0212 e. The lowest BCUT2D eigenvalue weighted by Crippen LogP contribution is -1.99. The van der Waals surface area contributed by atoms with E-state index in [2.05, 4.69) is 30.1 Å². The Kier molecular flexibility index (Phi) is 2.90. The van der Waals surface area contributed by atoms with Gasteiger partial charge in [-0.1, -0.05) is 30.9 Å². The summed E-state index contributed by atoms with van der Waals surface area (Å²) in [5, 5.41) is 3.30. The second-order valence-corrected chi connectivity index (χ2v) is 2.84. The van der Waals surface area contributed by atoms with Crippen LogP contribution in [0.5, 0.6) is 0 Å². The minimum atomic E-state index is 0. The van der Waals surface area contributed by atoms with Crippen LogP contribution in [0.2, 0.25) is 0 Å².